The Morgan fingerprint density at radius 1 is 1.30 bits per heavy atom. The van der Waals surface area contributed by atoms with Crippen molar-refractivity contribution in [1.82, 2.24) is 0 Å². The van der Waals surface area contributed by atoms with Gasteiger partial charge in [-0.2, -0.15) is 8.42 Å². The lowest BCUT2D eigenvalue weighted by Crippen LogP contribution is -1.97. The van der Waals surface area contributed by atoms with Gasteiger partial charge in [0.2, 0.25) is 0 Å². The highest BCUT2D eigenvalue weighted by Gasteiger charge is 2.22. The molecule has 0 aromatic heterocycles. The van der Waals surface area contributed by atoms with Crippen LogP contribution in [0, 0.1) is 0 Å². The summed E-state index contributed by atoms with van der Waals surface area (Å²) in [6.45, 7) is 0. The molecule has 1 heterocycles. The third kappa shape index (κ3) is 2.23. The zero-order chi connectivity index (χ0) is 7.61. The van der Waals surface area contributed by atoms with Crippen LogP contribution < -0.4 is 0 Å². The van der Waals surface area contributed by atoms with E-state index in [2.05, 4.69) is 20.7 Å². The van der Waals surface area contributed by atoms with E-state index in [0.717, 1.165) is 6.26 Å². The molecule has 0 aromatic carbocycles. The van der Waals surface area contributed by atoms with Crippen molar-refractivity contribution >= 4 is 24.4 Å². The van der Waals surface area contributed by atoms with Gasteiger partial charge in [-0.05, 0) is 20.7 Å². The Labute approximate surface area is 60.3 Å². The third-order valence-electron chi connectivity index (χ3n) is 0.526. The van der Waals surface area contributed by atoms with Gasteiger partial charge >= 0.3 is 24.4 Å². The van der Waals surface area contributed by atoms with Crippen LogP contribution in [-0.4, -0.2) is 19.8 Å². The van der Waals surface area contributed by atoms with Gasteiger partial charge in [-0.15, -0.1) is 0 Å². The minimum Gasteiger partial charge on any atom is -0.169 e. The number of rotatable bonds is 1. The summed E-state index contributed by atoms with van der Waals surface area (Å²) in [6, 6.07) is 0. The molecule has 0 spiro atoms. The van der Waals surface area contributed by atoms with Crippen molar-refractivity contribution in [3.05, 3.63) is 0 Å². The van der Waals surface area contributed by atoms with Crippen LogP contribution in [0.4, 0.5) is 0 Å². The van der Waals surface area contributed by atoms with Crippen LogP contribution in [-0.2, 0) is 19.3 Å². The summed E-state index contributed by atoms with van der Waals surface area (Å²) in [5, 5.41) is 12.9. The molecule has 54 valence electrons. The summed E-state index contributed by atoms with van der Waals surface area (Å²) in [5.74, 6) is 0. The van der Waals surface area contributed by atoms with Crippen molar-refractivity contribution in [2.45, 2.75) is 0 Å². The summed E-state index contributed by atoms with van der Waals surface area (Å²) in [6.07, 6.45) is 1.06. The van der Waals surface area contributed by atoms with E-state index in [-0.39, 0.29) is 5.11 Å². The molecular formula is C2H3N4O2S2+. The van der Waals surface area contributed by atoms with Crippen LogP contribution in [0.5, 0.6) is 0 Å². The van der Waals surface area contributed by atoms with Gasteiger partial charge in [0.15, 0.2) is 0 Å². The fraction of sp³-hybridized carbons (Fsp3) is 0.500. The van der Waals surface area contributed by atoms with E-state index in [1.165, 1.54) is 0 Å². The summed E-state index contributed by atoms with van der Waals surface area (Å²) >= 11 is 0. The number of hydrogen-bond acceptors (Lipinski definition) is 4. The topological polar surface area (TPSA) is 83.6 Å². The van der Waals surface area contributed by atoms with Gasteiger partial charge in [0, 0.05) is 0 Å². The first-order chi connectivity index (χ1) is 4.58. The fourth-order valence-electron chi connectivity index (χ4n) is 0.305. The molecule has 6 nitrogen and oxygen atoms in total. The zero-order valence-corrected chi connectivity index (χ0v) is 6.55. The smallest absolute Gasteiger partial charge is 0.169 e. The molecule has 0 aliphatic carbocycles. The quantitative estimate of drug-likeness (QED) is 0.321. The minimum atomic E-state index is -3.14. The minimum absolute atomic E-state index is 0.0579. The normalized spacial score (nSPS) is 16.3. The lowest BCUT2D eigenvalue weighted by molar-refractivity contribution is 0.616. The SMILES string of the molecule is CS(=O)(=O)[S+]=C1N=NN=N1. The molecular weight excluding hydrogens is 176 g/mol. The van der Waals surface area contributed by atoms with E-state index >= 15 is 0 Å². The second kappa shape index (κ2) is 2.46. The Bertz CT molecular complexity index is 298. The van der Waals surface area contributed by atoms with Gasteiger partial charge in [-0.1, -0.05) is 0 Å². The Morgan fingerprint density at radius 2 is 1.80 bits per heavy atom. The largest absolute Gasteiger partial charge is 0.477 e. The summed E-state index contributed by atoms with van der Waals surface area (Å²) in [7, 11) is -2.60. The average Bonchev–Trinajstić information content (AvgIpc) is 2.12. The highest BCUT2D eigenvalue weighted by atomic mass is 33.1. The first-order valence-electron chi connectivity index (χ1n) is 2.16. The monoisotopic (exact) mass is 179 g/mol. The van der Waals surface area contributed by atoms with Crippen molar-refractivity contribution < 1.29 is 8.42 Å². The van der Waals surface area contributed by atoms with E-state index < -0.39 is 8.87 Å². The average molecular weight is 179 g/mol. The Hall–Kier alpha value is -0.760. The van der Waals surface area contributed by atoms with Crippen LogP contribution in [0.15, 0.2) is 20.7 Å². The van der Waals surface area contributed by atoms with Crippen LogP contribution in [0.25, 0.3) is 0 Å². The van der Waals surface area contributed by atoms with Crippen LogP contribution in [0.3, 0.4) is 0 Å². The van der Waals surface area contributed by atoms with Crippen molar-refractivity contribution in [1.29, 1.82) is 0 Å². The van der Waals surface area contributed by atoms with Crippen LogP contribution in [0.1, 0.15) is 0 Å². The van der Waals surface area contributed by atoms with Gasteiger partial charge in [-0.3, -0.25) is 0 Å². The highest BCUT2D eigenvalue weighted by Crippen LogP contribution is 1.97. The standard InChI is InChI=1S/C2H3N4O2S2/c1-10(7,8)9-2-3-5-6-4-2/h1H3/q+1. The predicted molar refractivity (Wildman–Crippen MR) is 36.9 cm³/mol. The molecule has 0 N–H and O–H groups in total. The molecule has 10 heavy (non-hydrogen) atoms. The zero-order valence-electron chi connectivity index (χ0n) is 4.92. The predicted octanol–water partition coefficient (Wildman–Crippen LogP) is -0.0510. The summed E-state index contributed by atoms with van der Waals surface area (Å²) < 4.78 is 21.1. The van der Waals surface area contributed by atoms with E-state index in [9.17, 15) is 8.42 Å². The highest BCUT2D eigenvalue weighted by molar-refractivity contribution is 8.59. The summed E-state index contributed by atoms with van der Waals surface area (Å²) in [5.41, 5.74) is 0. The maximum atomic E-state index is 10.5. The first kappa shape index (κ1) is 7.35. The van der Waals surface area contributed by atoms with Crippen LogP contribution in [0.2, 0.25) is 0 Å². The van der Waals surface area contributed by atoms with E-state index in [4.69, 9.17) is 0 Å². The fourth-order valence-corrected chi connectivity index (χ4v) is 1.73. The molecule has 0 atom stereocenters. The molecule has 1 rings (SSSR count). The van der Waals surface area contributed by atoms with Crippen LogP contribution >= 0.6 is 0 Å². The Balaban J connectivity index is 2.94. The van der Waals surface area contributed by atoms with E-state index in [1.807, 2.05) is 0 Å². The molecule has 1 aliphatic heterocycles. The number of nitrogens with zero attached hydrogens (tertiary/aromatic N) is 4. The second-order valence-electron chi connectivity index (χ2n) is 1.45. The molecule has 0 amide bonds. The molecule has 0 saturated heterocycles. The number of hydrogen-bond donors (Lipinski definition) is 0. The third-order valence-corrected chi connectivity index (χ3v) is 2.50. The van der Waals surface area contributed by atoms with Gasteiger partial charge in [0.05, 0.1) is 6.26 Å². The Morgan fingerprint density at radius 3 is 2.20 bits per heavy atom. The molecule has 0 saturated carbocycles. The van der Waals surface area contributed by atoms with Gasteiger partial charge in [-0.25, -0.2) is 0 Å². The van der Waals surface area contributed by atoms with Crippen molar-refractivity contribution in [2.24, 2.45) is 20.7 Å². The lowest BCUT2D eigenvalue weighted by atomic mass is 11.2. The maximum absolute atomic E-state index is 10.5. The van der Waals surface area contributed by atoms with E-state index in [0.29, 0.717) is 10.4 Å². The molecule has 1 aliphatic rings. The lowest BCUT2D eigenvalue weighted by Gasteiger charge is -1.64. The molecule has 0 bridgehead atoms. The first-order valence-corrected chi connectivity index (χ1v) is 5.38. The van der Waals surface area contributed by atoms with Gasteiger partial charge < -0.3 is 0 Å². The van der Waals surface area contributed by atoms with Gasteiger partial charge in [0.25, 0.3) is 0 Å². The molecule has 8 heteroatoms. The summed E-state index contributed by atoms with van der Waals surface area (Å²) in [4.78, 5) is 0. The van der Waals surface area contributed by atoms with Crippen molar-refractivity contribution in [3.8, 4) is 0 Å². The molecule has 0 aromatic rings. The Kier molecular flexibility index (Phi) is 1.81. The van der Waals surface area contributed by atoms with Crippen molar-refractivity contribution in [2.75, 3.05) is 6.26 Å². The molecule has 0 fully saturated rings. The van der Waals surface area contributed by atoms with Crippen molar-refractivity contribution in [3.63, 3.8) is 0 Å². The maximum Gasteiger partial charge on any atom is 0.477 e. The van der Waals surface area contributed by atoms with E-state index in [1.54, 1.807) is 0 Å². The molecule has 0 radical (unpaired) electrons. The molecule has 0 unspecified atom stereocenters. The van der Waals surface area contributed by atoms with Gasteiger partial charge in [0.1, 0.15) is 0 Å². The second-order valence-corrected chi connectivity index (χ2v) is 5.71.